The first-order chi connectivity index (χ1) is 18.7. The van der Waals surface area contributed by atoms with Crippen LogP contribution in [0, 0.1) is 13.8 Å². The minimum absolute atomic E-state index is 0.0258. The summed E-state index contributed by atoms with van der Waals surface area (Å²) in [4.78, 5) is 45.5. The first kappa shape index (κ1) is 28.6. The molecule has 0 bridgehead atoms. The molecule has 0 aromatic heterocycles. The smallest absolute Gasteiger partial charge is 0.338 e. The topological polar surface area (TPSA) is 82.2 Å². The van der Waals surface area contributed by atoms with Gasteiger partial charge in [0.2, 0.25) is 0 Å². The zero-order valence-electron chi connectivity index (χ0n) is 23.1. The molecule has 8 nitrogen and oxygen atoms in total. The molecule has 1 fully saturated rings. The number of halogens is 1. The lowest BCUT2D eigenvalue weighted by Gasteiger charge is -2.38. The molecule has 39 heavy (non-hydrogen) atoms. The molecule has 2 aromatic carbocycles. The number of urea groups is 1. The number of nitrogens with zero attached hydrogens (tertiary/aromatic N) is 3. The average molecular weight is 553 g/mol. The number of esters is 1. The Bertz CT molecular complexity index is 1260. The summed E-state index contributed by atoms with van der Waals surface area (Å²) in [5, 5.41) is 3.65. The van der Waals surface area contributed by atoms with Crippen molar-refractivity contribution in [2.45, 2.75) is 40.2 Å². The van der Waals surface area contributed by atoms with Crippen molar-refractivity contribution in [2.75, 3.05) is 45.9 Å². The van der Waals surface area contributed by atoms with Crippen LogP contribution in [0.15, 0.2) is 53.7 Å². The maximum atomic E-state index is 13.4. The van der Waals surface area contributed by atoms with E-state index in [1.54, 1.807) is 36.1 Å². The molecule has 2 heterocycles. The van der Waals surface area contributed by atoms with Crippen molar-refractivity contribution < 1.29 is 19.1 Å². The zero-order chi connectivity index (χ0) is 28.1. The fraction of sp³-hybridized carbons (Fsp3) is 0.433. The van der Waals surface area contributed by atoms with E-state index in [0.29, 0.717) is 54.6 Å². The Morgan fingerprint density at radius 3 is 2.44 bits per heavy atom. The van der Waals surface area contributed by atoms with E-state index in [4.69, 9.17) is 16.3 Å². The molecule has 1 unspecified atom stereocenters. The predicted octanol–water partition coefficient (Wildman–Crippen LogP) is 4.71. The lowest BCUT2D eigenvalue weighted by molar-refractivity contribution is -0.139. The molecule has 9 heteroatoms. The molecule has 1 atom stereocenters. The number of rotatable bonds is 7. The Kier molecular flexibility index (Phi) is 9.30. The van der Waals surface area contributed by atoms with Gasteiger partial charge in [0.15, 0.2) is 0 Å². The minimum Gasteiger partial charge on any atom is -0.463 e. The van der Waals surface area contributed by atoms with Crippen molar-refractivity contribution in [1.82, 2.24) is 20.0 Å². The van der Waals surface area contributed by atoms with E-state index in [1.165, 1.54) is 0 Å². The van der Waals surface area contributed by atoms with Crippen LogP contribution in [-0.2, 0) is 9.53 Å². The number of benzene rings is 2. The van der Waals surface area contributed by atoms with Crippen molar-refractivity contribution in [3.05, 3.63) is 81.0 Å². The van der Waals surface area contributed by atoms with Crippen LogP contribution >= 0.6 is 11.6 Å². The monoisotopic (exact) mass is 552 g/mol. The maximum absolute atomic E-state index is 13.4. The second-order valence-electron chi connectivity index (χ2n) is 10.00. The van der Waals surface area contributed by atoms with E-state index in [9.17, 15) is 14.4 Å². The van der Waals surface area contributed by atoms with Gasteiger partial charge in [-0.25, -0.2) is 9.59 Å². The highest BCUT2D eigenvalue weighted by Gasteiger charge is 2.39. The van der Waals surface area contributed by atoms with Crippen molar-refractivity contribution in [3.63, 3.8) is 0 Å². The van der Waals surface area contributed by atoms with Gasteiger partial charge >= 0.3 is 12.0 Å². The van der Waals surface area contributed by atoms with Gasteiger partial charge in [-0.2, -0.15) is 0 Å². The summed E-state index contributed by atoms with van der Waals surface area (Å²) < 4.78 is 5.52. The highest BCUT2D eigenvalue weighted by molar-refractivity contribution is 6.30. The van der Waals surface area contributed by atoms with Crippen molar-refractivity contribution in [1.29, 1.82) is 0 Å². The zero-order valence-corrected chi connectivity index (χ0v) is 23.9. The molecule has 2 aromatic rings. The number of nitrogens with one attached hydrogen (secondary N) is 1. The molecule has 0 aliphatic carbocycles. The second-order valence-corrected chi connectivity index (χ2v) is 10.4. The number of amides is 3. The Labute approximate surface area is 235 Å². The Balaban J connectivity index is 1.64. The maximum Gasteiger partial charge on any atom is 0.338 e. The van der Waals surface area contributed by atoms with Gasteiger partial charge in [-0.3, -0.25) is 14.6 Å². The van der Waals surface area contributed by atoms with Crippen molar-refractivity contribution in [2.24, 2.45) is 0 Å². The highest BCUT2D eigenvalue weighted by atomic mass is 35.5. The van der Waals surface area contributed by atoms with Crippen LogP contribution in [0.4, 0.5) is 4.79 Å². The molecule has 4 rings (SSSR count). The Morgan fingerprint density at radius 2 is 1.77 bits per heavy atom. The van der Waals surface area contributed by atoms with Gasteiger partial charge in [-0.15, -0.1) is 0 Å². The number of ether oxygens (including phenoxy) is 1. The third-order valence-corrected chi connectivity index (χ3v) is 7.58. The van der Waals surface area contributed by atoms with Crippen LogP contribution in [0.3, 0.4) is 0 Å². The van der Waals surface area contributed by atoms with E-state index in [0.717, 1.165) is 29.7 Å². The molecule has 0 spiro atoms. The number of hydrogen-bond donors (Lipinski definition) is 1. The molecule has 3 amide bonds. The third-order valence-electron chi connectivity index (χ3n) is 7.33. The summed E-state index contributed by atoms with van der Waals surface area (Å²) in [5.41, 5.74) is 4.71. The van der Waals surface area contributed by atoms with Gasteiger partial charge in [0.1, 0.15) is 0 Å². The summed E-state index contributed by atoms with van der Waals surface area (Å²) in [6.45, 7) is 11.3. The van der Waals surface area contributed by atoms with Crippen LogP contribution in [0.5, 0.6) is 0 Å². The number of carbonyl (C=O) groups excluding carboxylic acids is 3. The predicted molar refractivity (Wildman–Crippen MR) is 152 cm³/mol. The van der Waals surface area contributed by atoms with Crippen LogP contribution < -0.4 is 5.32 Å². The summed E-state index contributed by atoms with van der Waals surface area (Å²) >= 11 is 5.99. The summed E-state index contributed by atoms with van der Waals surface area (Å²) in [6, 6.07) is 12.1. The van der Waals surface area contributed by atoms with Gasteiger partial charge in [0.25, 0.3) is 5.91 Å². The van der Waals surface area contributed by atoms with E-state index in [1.807, 2.05) is 37.8 Å². The largest absolute Gasteiger partial charge is 0.463 e. The number of carbonyl (C=O) groups is 3. The lowest BCUT2D eigenvalue weighted by atomic mass is 9.90. The summed E-state index contributed by atoms with van der Waals surface area (Å²) in [7, 11) is 0. The first-order valence-electron chi connectivity index (χ1n) is 13.6. The summed E-state index contributed by atoms with van der Waals surface area (Å²) in [6.07, 6.45) is 0.778. The minimum atomic E-state index is -0.607. The van der Waals surface area contributed by atoms with Gasteiger partial charge in [-0.05, 0) is 69.5 Å². The standard InChI is InChI=1S/C30H37ClN4O4/c1-5-35-25(19-33-14-7-15-34(17-16-33)28(36)22-9-11-23(31)12-10-22)26(29(37)39-6-2)27(32-30(35)38)24-13-8-20(3)18-21(24)4/h8-13,18,27H,5-7,14-17,19H2,1-4H3,(H,32,38). The quantitative estimate of drug-likeness (QED) is 0.503. The van der Waals surface area contributed by atoms with Gasteiger partial charge in [0, 0.05) is 55.6 Å². The van der Waals surface area contributed by atoms with Crippen LogP contribution in [0.25, 0.3) is 0 Å². The fourth-order valence-electron chi connectivity index (χ4n) is 5.36. The molecule has 1 N–H and O–H groups in total. The van der Waals surface area contributed by atoms with E-state index in [-0.39, 0.29) is 18.5 Å². The Hall–Kier alpha value is -3.36. The lowest BCUT2D eigenvalue weighted by Crippen LogP contribution is -2.51. The molecule has 1 saturated heterocycles. The van der Waals surface area contributed by atoms with Gasteiger partial charge in [0.05, 0.1) is 18.2 Å². The van der Waals surface area contributed by atoms with Crippen LogP contribution in [0.2, 0.25) is 5.02 Å². The molecule has 2 aliphatic rings. The van der Waals surface area contributed by atoms with Gasteiger partial charge < -0.3 is 15.0 Å². The van der Waals surface area contributed by atoms with E-state index < -0.39 is 12.0 Å². The highest BCUT2D eigenvalue weighted by Crippen LogP contribution is 2.34. The number of aryl methyl sites for hydroxylation is 2. The molecule has 0 saturated carbocycles. The number of hydrogen-bond acceptors (Lipinski definition) is 5. The number of likely N-dealkylation sites (N-methyl/N-ethyl adjacent to an activating group) is 1. The first-order valence-corrected chi connectivity index (χ1v) is 13.9. The molecular formula is C30H37ClN4O4. The third kappa shape index (κ3) is 6.45. The van der Waals surface area contributed by atoms with Crippen LogP contribution in [0.1, 0.15) is 53.4 Å². The normalized spacial score (nSPS) is 18.6. The molecule has 0 radical (unpaired) electrons. The van der Waals surface area contributed by atoms with E-state index >= 15 is 0 Å². The van der Waals surface area contributed by atoms with Crippen molar-refractivity contribution >= 4 is 29.5 Å². The van der Waals surface area contributed by atoms with E-state index in [2.05, 4.69) is 16.3 Å². The fourth-order valence-corrected chi connectivity index (χ4v) is 5.49. The SMILES string of the molecule is CCOC(=O)C1=C(CN2CCCN(C(=O)c3ccc(Cl)cc3)CC2)N(CC)C(=O)NC1c1ccc(C)cc1C. The molecule has 2 aliphatic heterocycles. The average Bonchev–Trinajstić information content (AvgIpc) is 3.14. The molecular weight excluding hydrogens is 516 g/mol. The summed E-state index contributed by atoms with van der Waals surface area (Å²) in [5.74, 6) is -0.452. The van der Waals surface area contributed by atoms with Gasteiger partial charge in [-0.1, -0.05) is 35.4 Å². The van der Waals surface area contributed by atoms with Crippen LogP contribution in [-0.4, -0.2) is 78.5 Å². The van der Waals surface area contributed by atoms with Crippen molar-refractivity contribution in [3.8, 4) is 0 Å². The second kappa shape index (κ2) is 12.7. The molecule has 208 valence electrons. The Morgan fingerprint density at radius 1 is 1.03 bits per heavy atom.